The van der Waals surface area contributed by atoms with Crippen LogP contribution in [0.5, 0.6) is 0 Å². The van der Waals surface area contributed by atoms with E-state index >= 15 is 0 Å². The Morgan fingerprint density at radius 2 is 1.77 bits per heavy atom. The van der Waals surface area contributed by atoms with Gasteiger partial charge in [0.25, 0.3) is 10.0 Å². The minimum atomic E-state index is -3.75. The van der Waals surface area contributed by atoms with Crippen LogP contribution in [0.3, 0.4) is 0 Å². The molecule has 30 heavy (non-hydrogen) atoms. The largest absolute Gasteiger partial charge is 0.464 e. The van der Waals surface area contributed by atoms with Gasteiger partial charge in [0.15, 0.2) is 0 Å². The Morgan fingerprint density at radius 1 is 1.10 bits per heavy atom. The summed E-state index contributed by atoms with van der Waals surface area (Å²) in [5.41, 5.74) is 1.18. The lowest BCUT2D eigenvalue weighted by molar-refractivity contribution is 0.0582. The molecule has 1 aliphatic rings. The van der Waals surface area contributed by atoms with E-state index in [0.717, 1.165) is 5.56 Å². The first-order valence-electron chi connectivity index (χ1n) is 9.54. The lowest BCUT2D eigenvalue weighted by Gasteiger charge is -2.46. The number of esters is 1. The van der Waals surface area contributed by atoms with Crippen LogP contribution in [0.2, 0.25) is 0 Å². The molecule has 0 spiro atoms. The molecule has 8 heteroatoms. The van der Waals surface area contributed by atoms with Crippen molar-refractivity contribution < 1.29 is 17.9 Å². The summed E-state index contributed by atoms with van der Waals surface area (Å²) in [5.74, 6) is -0.486. The number of aromatic nitrogens is 2. The van der Waals surface area contributed by atoms with Crippen LogP contribution < -0.4 is 4.31 Å². The van der Waals surface area contributed by atoms with Gasteiger partial charge in [-0.05, 0) is 23.8 Å². The van der Waals surface area contributed by atoms with E-state index < -0.39 is 21.4 Å². The number of carbonyl (C=O) groups is 1. The van der Waals surface area contributed by atoms with E-state index in [1.54, 1.807) is 47.3 Å². The van der Waals surface area contributed by atoms with Gasteiger partial charge in [-0.2, -0.15) is 0 Å². The number of imidazole rings is 1. The van der Waals surface area contributed by atoms with E-state index in [1.165, 1.54) is 17.6 Å². The first-order chi connectivity index (χ1) is 14.3. The van der Waals surface area contributed by atoms with Gasteiger partial charge < -0.3 is 9.30 Å². The molecular weight excluding hydrogens is 402 g/mol. The van der Waals surface area contributed by atoms with Crippen LogP contribution in [-0.2, 0) is 14.8 Å². The third kappa shape index (κ3) is 3.17. The molecule has 0 N–H and O–H groups in total. The third-order valence-corrected chi connectivity index (χ3v) is 7.24. The number of methoxy groups -OCH3 is 1. The van der Waals surface area contributed by atoms with Crippen molar-refractivity contribution in [3.8, 4) is 0 Å². The van der Waals surface area contributed by atoms with Crippen molar-refractivity contribution in [1.82, 2.24) is 9.55 Å². The normalized spacial score (nSPS) is 18.0. The number of sulfonamides is 1. The molecule has 156 valence electrons. The van der Waals surface area contributed by atoms with Gasteiger partial charge in [0.05, 0.1) is 36.3 Å². The molecule has 0 bridgehead atoms. The molecule has 2 heterocycles. The molecule has 1 unspecified atom stereocenters. The van der Waals surface area contributed by atoms with Gasteiger partial charge in [-0.15, -0.1) is 0 Å². The van der Waals surface area contributed by atoms with Gasteiger partial charge in [0, 0.05) is 12.0 Å². The number of nitrogens with zero attached hydrogens (tertiary/aromatic N) is 3. The smallest absolute Gasteiger partial charge is 0.356 e. The van der Waals surface area contributed by atoms with E-state index in [-0.39, 0.29) is 17.5 Å². The summed E-state index contributed by atoms with van der Waals surface area (Å²) in [5, 5.41) is 0. The standard InChI is InChI=1S/C22H23N3O4S/c1-22(2)14-25(30(27,28)16-9-5-4-6-10-16)18-12-8-7-11-17(18)20(22)24-15-23-13-19(24)21(26)29-3/h4-13,15,20H,14H2,1-3H3. The van der Waals surface area contributed by atoms with Crippen LogP contribution in [0.25, 0.3) is 0 Å². The summed E-state index contributed by atoms with van der Waals surface area (Å²) in [6.07, 6.45) is 3.06. The maximum Gasteiger partial charge on any atom is 0.356 e. The average molecular weight is 426 g/mol. The Hall–Kier alpha value is -3.13. The predicted molar refractivity (Wildman–Crippen MR) is 113 cm³/mol. The Morgan fingerprint density at radius 3 is 2.47 bits per heavy atom. The second kappa shape index (κ2) is 7.28. The van der Waals surface area contributed by atoms with E-state index in [1.807, 2.05) is 32.0 Å². The molecule has 7 nitrogen and oxygen atoms in total. The SMILES string of the molecule is COC(=O)c1cncn1C1c2ccccc2N(S(=O)(=O)c2ccccc2)CC1(C)C. The summed E-state index contributed by atoms with van der Waals surface area (Å²) >= 11 is 0. The summed E-state index contributed by atoms with van der Waals surface area (Å²) in [7, 11) is -2.43. The highest BCUT2D eigenvalue weighted by Crippen LogP contribution is 2.48. The highest BCUT2D eigenvalue weighted by Gasteiger charge is 2.45. The minimum absolute atomic E-state index is 0.241. The number of anilines is 1. The predicted octanol–water partition coefficient (Wildman–Crippen LogP) is 3.49. The zero-order valence-electron chi connectivity index (χ0n) is 17.0. The minimum Gasteiger partial charge on any atom is -0.464 e. The van der Waals surface area contributed by atoms with Crippen LogP contribution in [-0.4, -0.2) is 37.6 Å². The summed E-state index contributed by atoms with van der Waals surface area (Å²) < 4.78 is 35.1. The second-order valence-corrected chi connectivity index (χ2v) is 9.81. The quantitative estimate of drug-likeness (QED) is 0.598. The first kappa shape index (κ1) is 20.2. The fraction of sp³-hybridized carbons (Fsp3) is 0.273. The van der Waals surface area contributed by atoms with Gasteiger partial charge in [-0.1, -0.05) is 50.2 Å². The first-order valence-corrected chi connectivity index (χ1v) is 11.0. The molecule has 1 aliphatic heterocycles. The maximum absolute atomic E-state index is 13.5. The lowest BCUT2D eigenvalue weighted by Crippen LogP contribution is -2.48. The average Bonchev–Trinajstić information content (AvgIpc) is 3.21. The van der Waals surface area contributed by atoms with Crippen molar-refractivity contribution in [2.24, 2.45) is 5.41 Å². The van der Waals surface area contributed by atoms with Gasteiger partial charge >= 0.3 is 5.97 Å². The van der Waals surface area contributed by atoms with Crippen LogP contribution >= 0.6 is 0 Å². The number of hydrogen-bond acceptors (Lipinski definition) is 5. The van der Waals surface area contributed by atoms with Crippen molar-refractivity contribution in [2.75, 3.05) is 18.0 Å². The highest BCUT2D eigenvalue weighted by atomic mass is 32.2. The zero-order chi connectivity index (χ0) is 21.5. The van der Waals surface area contributed by atoms with E-state index in [2.05, 4.69) is 4.98 Å². The molecule has 0 amide bonds. The van der Waals surface area contributed by atoms with Crippen molar-refractivity contribution in [1.29, 1.82) is 0 Å². The number of benzene rings is 2. The topological polar surface area (TPSA) is 81.5 Å². The fourth-order valence-corrected chi connectivity index (χ4v) is 5.83. The number of hydrogen-bond donors (Lipinski definition) is 0. The summed E-state index contributed by atoms with van der Waals surface area (Å²) in [6, 6.07) is 15.5. The van der Waals surface area contributed by atoms with E-state index in [9.17, 15) is 13.2 Å². The van der Waals surface area contributed by atoms with E-state index in [4.69, 9.17) is 4.74 Å². The van der Waals surface area contributed by atoms with Crippen LogP contribution in [0.15, 0.2) is 72.0 Å². The molecule has 0 saturated heterocycles. The second-order valence-electron chi connectivity index (χ2n) is 7.95. The Bertz CT molecular complexity index is 1190. The van der Waals surface area contributed by atoms with Crippen molar-refractivity contribution in [2.45, 2.75) is 24.8 Å². The Balaban J connectivity index is 1.90. The van der Waals surface area contributed by atoms with Crippen LogP contribution in [0.1, 0.15) is 35.9 Å². The molecule has 0 fully saturated rings. The van der Waals surface area contributed by atoms with Gasteiger partial charge in [-0.3, -0.25) is 4.31 Å². The molecule has 0 saturated carbocycles. The van der Waals surface area contributed by atoms with Crippen molar-refractivity contribution in [3.63, 3.8) is 0 Å². The molecule has 0 radical (unpaired) electrons. The number of carbonyl (C=O) groups excluding carboxylic acids is 1. The Kier molecular flexibility index (Phi) is 4.89. The van der Waals surface area contributed by atoms with E-state index in [0.29, 0.717) is 11.4 Å². The lowest BCUT2D eigenvalue weighted by atomic mass is 9.76. The van der Waals surface area contributed by atoms with Crippen molar-refractivity contribution in [3.05, 3.63) is 78.4 Å². The summed E-state index contributed by atoms with van der Waals surface area (Å²) in [6.45, 7) is 4.22. The number of para-hydroxylation sites is 1. The third-order valence-electron chi connectivity index (χ3n) is 5.46. The molecule has 3 aromatic rings. The zero-order valence-corrected chi connectivity index (χ0v) is 17.8. The molecule has 1 aromatic heterocycles. The summed E-state index contributed by atoms with van der Waals surface area (Å²) in [4.78, 5) is 16.7. The number of rotatable bonds is 4. The highest BCUT2D eigenvalue weighted by molar-refractivity contribution is 7.92. The number of fused-ring (bicyclic) bond motifs is 1. The van der Waals surface area contributed by atoms with Crippen molar-refractivity contribution >= 4 is 21.7 Å². The molecule has 4 rings (SSSR count). The Labute approximate surface area is 176 Å². The van der Waals surface area contributed by atoms with Crippen LogP contribution in [0, 0.1) is 5.41 Å². The van der Waals surface area contributed by atoms with Gasteiger partial charge in [0.2, 0.25) is 0 Å². The number of ether oxygens (including phenoxy) is 1. The monoisotopic (exact) mass is 425 g/mol. The molecule has 1 atom stereocenters. The maximum atomic E-state index is 13.5. The fourth-order valence-electron chi connectivity index (χ4n) is 4.14. The van der Waals surface area contributed by atoms with Gasteiger partial charge in [0.1, 0.15) is 5.69 Å². The van der Waals surface area contributed by atoms with Crippen LogP contribution in [0.4, 0.5) is 5.69 Å². The molecule has 2 aromatic carbocycles. The van der Waals surface area contributed by atoms with Gasteiger partial charge in [-0.25, -0.2) is 18.2 Å². The molecular formula is C22H23N3O4S. The molecule has 0 aliphatic carbocycles.